The molecule has 0 aliphatic rings. The van der Waals surface area contributed by atoms with Crippen molar-refractivity contribution < 1.29 is 14.2 Å². The van der Waals surface area contributed by atoms with Crippen molar-refractivity contribution in [1.29, 1.82) is 0 Å². The molecular weight excluding hydrogens is 421 g/mol. The summed E-state index contributed by atoms with van der Waals surface area (Å²) in [7, 11) is 1.63. The maximum Gasteiger partial charge on any atom is 0.446 e. The lowest BCUT2D eigenvalue weighted by molar-refractivity contribution is 0.136. The van der Waals surface area contributed by atoms with E-state index in [-0.39, 0.29) is 12.1 Å². The highest BCUT2D eigenvalue weighted by molar-refractivity contribution is 8.19. The predicted octanol–water partition coefficient (Wildman–Crippen LogP) is 5.08. The van der Waals surface area contributed by atoms with E-state index in [1.807, 2.05) is 68.4 Å². The van der Waals surface area contributed by atoms with Gasteiger partial charge in [0.15, 0.2) is 6.42 Å². The summed E-state index contributed by atoms with van der Waals surface area (Å²) in [5.41, 5.74) is 0. The van der Waals surface area contributed by atoms with Gasteiger partial charge in [0, 0.05) is 18.4 Å². The van der Waals surface area contributed by atoms with E-state index in [2.05, 4.69) is 5.16 Å². The summed E-state index contributed by atoms with van der Waals surface area (Å²) in [4.78, 5) is 17.3. The van der Waals surface area contributed by atoms with Crippen molar-refractivity contribution in [2.75, 3.05) is 13.3 Å². The highest BCUT2D eigenvalue weighted by Crippen LogP contribution is 2.56. The minimum atomic E-state index is -2.59. The Labute approximate surface area is 176 Å². The third-order valence-electron chi connectivity index (χ3n) is 3.15. The average Bonchev–Trinajstić information content (AvgIpc) is 2.63. The van der Waals surface area contributed by atoms with Crippen molar-refractivity contribution in [3.8, 4) is 0 Å². The molecular formula is C17H28N3O3PS3. The van der Waals surface area contributed by atoms with Crippen LogP contribution in [0.25, 0.3) is 0 Å². The lowest BCUT2D eigenvalue weighted by Crippen LogP contribution is -2.33. The van der Waals surface area contributed by atoms with Gasteiger partial charge in [0.25, 0.3) is 0 Å². The molecule has 1 amide bonds. The summed E-state index contributed by atoms with van der Waals surface area (Å²) < 4.78 is 9.62. The SMILES string of the molecule is CSC(C)=NOC(=O)N(C)SN(C(C)C)P(=S)(OC(C)C)c1ccccc1. The van der Waals surface area contributed by atoms with Gasteiger partial charge >= 0.3 is 6.09 Å². The number of oxime groups is 1. The highest BCUT2D eigenvalue weighted by Gasteiger charge is 2.35. The van der Waals surface area contributed by atoms with Gasteiger partial charge in [0.2, 0.25) is 0 Å². The van der Waals surface area contributed by atoms with E-state index in [4.69, 9.17) is 21.2 Å². The Bertz CT molecular complexity index is 687. The summed E-state index contributed by atoms with van der Waals surface area (Å²) in [5.74, 6) is 0. The van der Waals surface area contributed by atoms with Crippen LogP contribution in [-0.4, -0.2) is 45.0 Å². The van der Waals surface area contributed by atoms with E-state index in [9.17, 15) is 4.79 Å². The van der Waals surface area contributed by atoms with Gasteiger partial charge in [-0.25, -0.2) is 9.10 Å². The predicted molar refractivity (Wildman–Crippen MR) is 122 cm³/mol. The fourth-order valence-corrected chi connectivity index (χ4v) is 7.58. The van der Waals surface area contributed by atoms with Crippen molar-refractivity contribution in [3.63, 3.8) is 0 Å². The number of nitrogens with zero attached hydrogens (tertiary/aromatic N) is 3. The molecule has 0 aliphatic carbocycles. The van der Waals surface area contributed by atoms with Gasteiger partial charge in [-0.05, 0) is 52.7 Å². The van der Waals surface area contributed by atoms with Crippen LogP contribution in [0.3, 0.4) is 0 Å². The fourth-order valence-electron chi connectivity index (χ4n) is 1.93. The van der Waals surface area contributed by atoms with Gasteiger partial charge < -0.3 is 4.52 Å². The number of rotatable bonds is 8. The molecule has 0 N–H and O–H groups in total. The van der Waals surface area contributed by atoms with Crippen LogP contribution >= 0.6 is 30.3 Å². The molecule has 1 atom stereocenters. The number of amides is 1. The number of carbonyl (C=O) groups excluding carboxylic acids is 1. The number of hydrogen-bond donors (Lipinski definition) is 0. The van der Waals surface area contributed by atoms with E-state index < -0.39 is 12.5 Å². The van der Waals surface area contributed by atoms with E-state index in [1.165, 1.54) is 28.2 Å². The molecule has 0 bridgehead atoms. The molecule has 10 heteroatoms. The summed E-state index contributed by atoms with van der Waals surface area (Å²) in [6, 6.07) is 9.82. The molecule has 152 valence electrons. The van der Waals surface area contributed by atoms with Gasteiger partial charge in [-0.15, -0.1) is 11.8 Å². The van der Waals surface area contributed by atoms with E-state index in [0.717, 1.165) is 5.30 Å². The van der Waals surface area contributed by atoms with Gasteiger partial charge in [-0.2, -0.15) is 4.08 Å². The Morgan fingerprint density at radius 1 is 1.22 bits per heavy atom. The van der Waals surface area contributed by atoms with Crippen molar-refractivity contribution in [1.82, 2.24) is 8.38 Å². The number of thioether (sulfide) groups is 1. The molecule has 0 spiro atoms. The molecule has 27 heavy (non-hydrogen) atoms. The lowest BCUT2D eigenvalue weighted by atomic mass is 10.4. The molecule has 1 aromatic rings. The minimum Gasteiger partial charge on any atom is -0.331 e. The van der Waals surface area contributed by atoms with Crippen LogP contribution in [0.5, 0.6) is 0 Å². The zero-order valence-corrected chi connectivity index (χ0v) is 20.1. The Hall–Kier alpha value is -0.570. The van der Waals surface area contributed by atoms with E-state index >= 15 is 0 Å². The molecule has 6 nitrogen and oxygen atoms in total. The first-order chi connectivity index (χ1) is 12.6. The molecule has 1 aromatic carbocycles. The Morgan fingerprint density at radius 2 is 1.81 bits per heavy atom. The Kier molecular flexibility index (Phi) is 10.4. The first-order valence-corrected chi connectivity index (χ1v) is 13.1. The van der Waals surface area contributed by atoms with E-state index in [0.29, 0.717) is 5.04 Å². The van der Waals surface area contributed by atoms with Crippen LogP contribution in [0.1, 0.15) is 34.6 Å². The zero-order chi connectivity index (χ0) is 20.6. The quantitative estimate of drug-likeness (QED) is 0.137. The first kappa shape index (κ1) is 24.5. The molecule has 0 saturated heterocycles. The average molecular weight is 450 g/mol. The topological polar surface area (TPSA) is 54.4 Å². The second-order valence-corrected chi connectivity index (χ2v) is 12.2. The largest absolute Gasteiger partial charge is 0.446 e. The second kappa shape index (κ2) is 11.4. The van der Waals surface area contributed by atoms with Gasteiger partial charge in [-0.3, -0.25) is 4.84 Å². The van der Waals surface area contributed by atoms with Crippen LogP contribution in [0, 0.1) is 0 Å². The van der Waals surface area contributed by atoms with Crippen LogP contribution < -0.4 is 5.30 Å². The van der Waals surface area contributed by atoms with Gasteiger partial charge in [0.05, 0.1) is 18.2 Å². The summed E-state index contributed by atoms with van der Waals surface area (Å²) in [6.07, 6.45) is -1.35. The summed E-state index contributed by atoms with van der Waals surface area (Å²) >= 11 is 8.67. The monoisotopic (exact) mass is 449 g/mol. The molecule has 0 heterocycles. The standard InChI is InChI=1S/C17H28N3O3PS3/c1-13(2)20(27-19(6)17(21)22-18-15(5)26-7)24(25,23-14(3)4)16-11-9-8-10-12-16/h8-14H,1-7H3. The van der Waals surface area contributed by atoms with Crippen molar-refractivity contribution in [2.24, 2.45) is 5.16 Å². The number of hydrogen-bond acceptors (Lipinski definition) is 7. The normalized spacial score (nSPS) is 14.5. The van der Waals surface area contributed by atoms with E-state index in [1.54, 1.807) is 14.0 Å². The third-order valence-corrected chi connectivity index (χ3v) is 10.1. The maximum atomic E-state index is 12.3. The van der Waals surface area contributed by atoms with Crippen molar-refractivity contribution in [3.05, 3.63) is 30.3 Å². The molecule has 1 rings (SSSR count). The molecule has 0 fully saturated rings. The third kappa shape index (κ3) is 7.40. The zero-order valence-electron chi connectivity index (χ0n) is 16.8. The Balaban J connectivity index is 3.12. The summed E-state index contributed by atoms with van der Waals surface area (Å²) in [5, 5.41) is 5.40. The second-order valence-electron chi connectivity index (χ2n) is 6.16. The van der Waals surface area contributed by atoms with Crippen molar-refractivity contribution >= 4 is 58.6 Å². The molecule has 0 radical (unpaired) electrons. The number of carbonyl (C=O) groups is 1. The van der Waals surface area contributed by atoms with Gasteiger partial charge in [-0.1, -0.05) is 35.5 Å². The van der Waals surface area contributed by atoms with Crippen molar-refractivity contribution in [2.45, 2.75) is 46.8 Å². The van der Waals surface area contributed by atoms with Gasteiger partial charge in [0.1, 0.15) is 5.04 Å². The Morgan fingerprint density at radius 3 is 2.30 bits per heavy atom. The molecule has 0 aromatic heterocycles. The van der Waals surface area contributed by atoms with Crippen LogP contribution in [-0.2, 0) is 21.2 Å². The summed E-state index contributed by atoms with van der Waals surface area (Å²) in [6.45, 7) is 9.75. The van der Waals surface area contributed by atoms with Crippen LogP contribution in [0.2, 0.25) is 0 Å². The smallest absolute Gasteiger partial charge is 0.331 e. The van der Waals surface area contributed by atoms with Crippen LogP contribution in [0.15, 0.2) is 35.5 Å². The molecule has 0 aliphatic heterocycles. The van der Waals surface area contributed by atoms with Crippen LogP contribution in [0.4, 0.5) is 4.79 Å². The molecule has 0 saturated carbocycles. The maximum absolute atomic E-state index is 12.3. The minimum absolute atomic E-state index is 0.0338. The fraction of sp³-hybridized carbons (Fsp3) is 0.529. The lowest BCUT2D eigenvalue weighted by Gasteiger charge is -2.38. The number of benzene rings is 1. The molecule has 1 unspecified atom stereocenters. The first-order valence-electron chi connectivity index (χ1n) is 8.47. The highest BCUT2D eigenvalue weighted by atomic mass is 32.5.